The van der Waals surface area contributed by atoms with Gasteiger partial charge < -0.3 is 10.2 Å². The van der Waals surface area contributed by atoms with Gasteiger partial charge >= 0.3 is 0 Å². The summed E-state index contributed by atoms with van der Waals surface area (Å²) in [6.07, 6.45) is 3.17. The molecule has 2 N–H and O–H groups in total. The van der Waals surface area contributed by atoms with Crippen molar-refractivity contribution >= 4 is 0 Å². The monoisotopic (exact) mass is 202 g/mol. The Bertz CT molecular complexity index is 132. The van der Waals surface area contributed by atoms with Gasteiger partial charge in [0, 0.05) is 0 Å². The van der Waals surface area contributed by atoms with E-state index in [4.69, 9.17) is 0 Å². The van der Waals surface area contributed by atoms with E-state index in [-0.39, 0.29) is 6.10 Å². The molecule has 0 fully saturated rings. The predicted molar refractivity (Wildman–Crippen MR) is 60.2 cm³/mol. The lowest BCUT2D eigenvalue weighted by atomic mass is 9.84. The van der Waals surface area contributed by atoms with E-state index in [1.165, 1.54) is 12.8 Å². The Morgan fingerprint density at radius 3 is 2.00 bits per heavy atom. The molecule has 86 valence electrons. The molecule has 0 saturated heterocycles. The van der Waals surface area contributed by atoms with Crippen LogP contribution in [-0.2, 0) is 0 Å². The highest BCUT2D eigenvalue weighted by molar-refractivity contribution is 4.73. The van der Waals surface area contributed by atoms with Crippen molar-refractivity contribution < 1.29 is 10.2 Å². The van der Waals surface area contributed by atoms with E-state index in [2.05, 4.69) is 20.8 Å². The summed E-state index contributed by atoms with van der Waals surface area (Å²) in [6.45, 7) is 8.19. The van der Waals surface area contributed by atoms with Crippen LogP contribution in [0.4, 0.5) is 0 Å². The standard InChI is InChI=1S/C12H26O2/c1-5-6-7-11(9(2)3)12(14)8-10(4)13/h9-14H,5-8H2,1-4H3. The van der Waals surface area contributed by atoms with Crippen molar-refractivity contribution in [3.63, 3.8) is 0 Å². The number of hydrogen-bond donors (Lipinski definition) is 2. The second-order valence-electron chi connectivity index (χ2n) is 4.70. The van der Waals surface area contributed by atoms with E-state index in [1.807, 2.05) is 0 Å². The van der Waals surface area contributed by atoms with Crippen LogP contribution >= 0.6 is 0 Å². The topological polar surface area (TPSA) is 40.5 Å². The molecule has 0 aliphatic heterocycles. The van der Waals surface area contributed by atoms with Gasteiger partial charge in [-0.05, 0) is 31.6 Å². The molecular weight excluding hydrogens is 176 g/mol. The van der Waals surface area contributed by atoms with Crippen molar-refractivity contribution in [1.82, 2.24) is 0 Å². The van der Waals surface area contributed by atoms with Crippen LogP contribution in [-0.4, -0.2) is 22.4 Å². The molecule has 0 aromatic heterocycles. The van der Waals surface area contributed by atoms with E-state index in [9.17, 15) is 10.2 Å². The van der Waals surface area contributed by atoms with Crippen molar-refractivity contribution in [3.05, 3.63) is 0 Å². The molecule has 14 heavy (non-hydrogen) atoms. The molecule has 0 aromatic carbocycles. The Morgan fingerprint density at radius 2 is 1.64 bits per heavy atom. The largest absolute Gasteiger partial charge is 0.393 e. The molecule has 3 atom stereocenters. The molecule has 0 saturated carbocycles. The van der Waals surface area contributed by atoms with Crippen LogP contribution in [0, 0.1) is 11.8 Å². The number of hydrogen-bond acceptors (Lipinski definition) is 2. The van der Waals surface area contributed by atoms with Gasteiger partial charge in [0.25, 0.3) is 0 Å². The van der Waals surface area contributed by atoms with Crippen LogP contribution in [0.25, 0.3) is 0 Å². The van der Waals surface area contributed by atoms with Gasteiger partial charge in [-0.2, -0.15) is 0 Å². The summed E-state index contributed by atoms with van der Waals surface area (Å²) < 4.78 is 0. The van der Waals surface area contributed by atoms with Crippen molar-refractivity contribution in [2.75, 3.05) is 0 Å². The SMILES string of the molecule is CCCCC(C(C)C)C(O)CC(C)O. The van der Waals surface area contributed by atoms with Gasteiger partial charge in [0.2, 0.25) is 0 Å². The van der Waals surface area contributed by atoms with E-state index in [1.54, 1.807) is 6.92 Å². The van der Waals surface area contributed by atoms with Crippen molar-refractivity contribution in [2.24, 2.45) is 11.8 Å². The minimum Gasteiger partial charge on any atom is -0.393 e. The Labute approximate surface area is 88.3 Å². The first-order valence-corrected chi connectivity index (χ1v) is 5.85. The average molecular weight is 202 g/mol. The molecule has 0 aliphatic carbocycles. The summed E-state index contributed by atoms with van der Waals surface area (Å²) in [5, 5.41) is 19.1. The van der Waals surface area contributed by atoms with Gasteiger partial charge in [-0.3, -0.25) is 0 Å². The van der Waals surface area contributed by atoms with Crippen molar-refractivity contribution in [2.45, 2.75) is 65.6 Å². The predicted octanol–water partition coefficient (Wildman–Crippen LogP) is 2.58. The van der Waals surface area contributed by atoms with Gasteiger partial charge in [0.1, 0.15) is 0 Å². The lowest BCUT2D eigenvalue weighted by Gasteiger charge is -2.27. The zero-order valence-corrected chi connectivity index (χ0v) is 10.0. The minimum absolute atomic E-state index is 0.338. The number of rotatable bonds is 7. The maximum absolute atomic E-state index is 9.92. The van der Waals surface area contributed by atoms with Crippen LogP contribution in [0.3, 0.4) is 0 Å². The zero-order valence-electron chi connectivity index (χ0n) is 10.0. The summed E-state index contributed by atoms with van der Waals surface area (Å²) >= 11 is 0. The highest BCUT2D eigenvalue weighted by Gasteiger charge is 2.22. The molecule has 0 amide bonds. The molecular formula is C12H26O2. The Kier molecular flexibility index (Phi) is 7.20. The van der Waals surface area contributed by atoms with Gasteiger partial charge in [-0.15, -0.1) is 0 Å². The van der Waals surface area contributed by atoms with Gasteiger partial charge in [0.05, 0.1) is 12.2 Å². The summed E-state index contributed by atoms with van der Waals surface area (Å²) in [5.74, 6) is 0.833. The minimum atomic E-state index is -0.395. The van der Waals surface area contributed by atoms with E-state index in [0.717, 1.165) is 6.42 Å². The molecule has 0 aliphatic rings. The normalized spacial score (nSPS) is 18.2. The highest BCUT2D eigenvalue weighted by atomic mass is 16.3. The number of aliphatic hydroxyl groups is 2. The first-order chi connectivity index (χ1) is 6.49. The number of unbranched alkanes of at least 4 members (excludes halogenated alkanes) is 1. The summed E-state index contributed by atoms with van der Waals surface area (Å²) in [6, 6.07) is 0. The van der Waals surface area contributed by atoms with Crippen molar-refractivity contribution in [1.29, 1.82) is 0 Å². The van der Waals surface area contributed by atoms with E-state index in [0.29, 0.717) is 18.3 Å². The average Bonchev–Trinajstić information content (AvgIpc) is 2.02. The zero-order chi connectivity index (χ0) is 11.1. The molecule has 0 bridgehead atoms. The number of aliphatic hydroxyl groups excluding tert-OH is 2. The van der Waals surface area contributed by atoms with Crippen LogP contribution in [0.5, 0.6) is 0 Å². The van der Waals surface area contributed by atoms with Crippen molar-refractivity contribution in [3.8, 4) is 0 Å². The van der Waals surface area contributed by atoms with E-state index >= 15 is 0 Å². The van der Waals surface area contributed by atoms with Crippen LogP contribution in [0.2, 0.25) is 0 Å². The molecule has 3 unspecified atom stereocenters. The second-order valence-corrected chi connectivity index (χ2v) is 4.70. The summed E-state index contributed by atoms with van der Waals surface area (Å²) in [5.41, 5.74) is 0. The molecule has 0 spiro atoms. The summed E-state index contributed by atoms with van der Waals surface area (Å²) in [7, 11) is 0. The van der Waals surface area contributed by atoms with E-state index < -0.39 is 6.10 Å². The third-order valence-corrected chi connectivity index (χ3v) is 2.82. The van der Waals surface area contributed by atoms with Gasteiger partial charge in [-0.25, -0.2) is 0 Å². The Hall–Kier alpha value is -0.0800. The molecule has 0 rings (SSSR count). The first kappa shape index (κ1) is 13.9. The van der Waals surface area contributed by atoms with Crippen LogP contribution < -0.4 is 0 Å². The van der Waals surface area contributed by atoms with Crippen LogP contribution in [0.1, 0.15) is 53.4 Å². The molecule has 2 heteroatoms. The maximum atomic E-state index is 9.92. The highest BCUT2D eigenvalue weighted by Crippen LogP contribution is 2.24. The Balaban J connectivity index is 4.04. The second kappa shape index (κ2) is 7.24. The fraction of sp³-hybridized carbons (Fsp3) is 1.00. The molecule has 0 radical (unpaired) electrons. The lowest BCUT2D eigenvalue weighted by molar-refractivity contribution is 0.0295. The maximum Gasteiger partial charge on any atom is 0.0595 e. The lowest BCUT2D eigenvalue weighted by Crippen LogP contribution is -2.28. The van der Waals surface area contributed by atoms with Gasteiger partial charge in [-0.1, -0.05) is 33.6 Å². The fourth-order valence-corrected chi connectivity index (χ4v) is 1.93. The fourth-order valence-electron chi connectivity index (χ4n) is 1.93. The van der Waals surface area contributed by atoms with Gasteiger partial charge in [0.15, 0.2) is 0 Å². The first-order valence-electron chi connectivity index (χ1n) is 5.85. The third kappa shape index (κ3) is 5.61. The summed E-state index contributed by atoms with van der Waals surface area (Å²) in [4.78, 5) is 0. The molecule has 2 nitrogen and oxygen atoms in total. The smallest absolute Gasteiger partial charge is 0.0595 e. The molecule has 0 aromatic rings. The third-order valence-electron chi connectivity index (χ3n) is 2.82. The van der Waals surface area contributed by atoms with Crippen LogP contribution in [0.15, 0.2) is 0 Å². The molecule has 0 heterocycles. The Morgan fingerprint density at radius 1 is 1.07 bits per heavy atom. The quantitative estimate of drug-likeness (QED) is 0.666.